The number of alkyl halides is 2. The van der Waals surface area contributed by atoms with E-state index in [9.17, 15) is 13.9 Å². The Kier molecular flexibility index (Phi) is 9.29. The van der Waals surface area contributed by atoms with E-state index in [1.807, 2.05) is 6.92 Å². The highest BCUT2D eigenvalue weighted by Crippen LogP contribution is 2.14. The predicted octanol–water partition coefficient (Wildman–Crippen LogP) is 2.38. The van der Waals surface area contributed by atoms with Crippen molar-refractivity contribution in [3.05, 3.63) is 18.2 Å². The normalized spacial score (nSPS) is 13.6. The molecule has 0 aliphatic carbocycles. The highest BCUT2D eigenvalue weighted by atomic mass is 19.3. The SMILES string of the molecule is CCNC(=NCc1nccn1C(F)F)NCC(CCO)CC(C)C. The standard InChI is InChI=1S/C16H29F2N5O/c1-4-19-16(21-10-13(5-8-24)9-12(2)3)22-11-14-20-6-7-23(14)15(17)18/h6-7,12-13,15,24H,4-5,8-11H2,1-3H3,(H2,19,21,22). The van der Waals surface area contributed by atoms with E-state index in [1.54, 1.807) is 0 Å². The largest absolute Gasteiger partial charge is 0.396 e. The van der Waals surface area contributed by atoms with Crippen molar-refractivity contribution in [2.75, 3.05) is 19.7 Å². The molecule has 1 aromatic heterocycles. The molecule has 0 fully saturated rings. The van der Waals surface area contributed by atoms with E-state index in [0.29, 0.717) is 30.9 Å². The summed E-state index contributed by atoms with van der Waals surface area (Å²) in [4.78, 5) is 8.25. The van der Waals surface area contributed by atoms with E-state index in [1.165, 1.54) is 12.4 Å². The molecule has 6 nitrogen and oxygen atoms in total. The second-order valence-electron chi connectivity index (χ2n) is 6.11. The first-order valence-corrected chi connectivity index (χ1v) is 8.40. The first-order chi connectivity index (χ1) is 11.5. The molecule has 0 saturated heterocycles. The van der Waals surface area contributed by atoms with Crippen LogP contribution in [-0.4, -0.2) is 40.3 Å². The van der Waals surface area contributed by atoms with Crippen molar-refractivity contribution in [2.45, 2.75) is 46.7 Å². The van der Waals surface area contributed by atoms with Crippen molar-refractivity contribution >= 4 is 5.96 Å². The molecule has 138 valence electrons. The molecule has 0 aliphatic rings. The van der Waals surface area contributed by atoms with Gasteiger partial charge in [-0.3, -0.25) is 4.57 Å². The van der Waals surface area contributed by atoms with Crippen molar-refractivity contribution in [2.24, 2.45) is 16.8 Å². The summed E-state index contributed by atoms with van der Waals surface area (Å²) in [5.74, 6) is 1.66. The molecule has 1 aromatic rings. The average molecular weight is 345 g/mol. The summed E-state index contributed by atoms with van der Waals surface area (Å²) in [6.07, 6.45) is 4.32. The maximum atomic E-state index is 12.8. The Balaban J connectivity index is 2.66. The molecule has 3 N–H and O–H groups in total. The highest BCUT2D eigenvalue weighted by Gasteiger charge is 2.13. The number of rotatable bonds is 10. The number of imidazole rings is 1. The molecule has 0 amide bonds. The lowest BCUT2D eigenvalue weighted by Gasteiger charge is -2.20. The Morgan fingerprint density at radius 3 is 2.71 bits per heavy atom. The minimum absolute atomic E-state index is 0.0710. The van der Waals surface area contributed by atoms with Crippen LogP contribution in [0.3, 0.4) is 0 Å². The predicted molar refractivity (Wildman–Crippen MR) is 90.9 cm³/mol. The number of halogens is 2. The second kappa shape index (κ2) is 11.0. The Bertz CT molecular complexity index is 491. The number of hydrogen-bond donors (Lipinski definition) is 3. The summed E-state index contributed by atoms with van der Waals surface area (Å²) in [6.45, 7) is 5.18. The van der Waals surface area contributed by atoms with Crippen LogP contribution in [0, 0.1) is 11.8 Å². The van der Waals surface area contributed by atoms with Gasteiger partial charge in [0.2, 0.25) is 0 Å². The van der Waals surface area contributed by atoms with E-state index in [0.717, 1.165) is 17.4 Å². The Labute approximate surface area is 142 Å². The lowest BCUT2D eigenvalue weighted by atomic mass is 9.94. The number of aliphatic hydroxyl groups is 1. The fourth-order valence-electron chi connectivity index (χ4n) is 2.53. The number of aromatic nitrogens is 2. The average Bonchev–Trinajstić information content (AvgIpc) is 2.98. The van der Waals surface area contributed by atoms with Crippen LogP contribution in [0.4, 0.5) is 8.78 Å². The Morgan fingerprint density at radius 2 is 2.12 bits per heavy atom. The molecule has 0 aromatic carbocycles. The zero-order chi connectivity index (χ0) is 17.9. The monoisotopic (exact) mass is 345 g/mol. The maximum absolute atomic E-state index is 12.8. The molecule has 1 rings (SSSR count). The van der Waals surface area contributed by atoms with Gasteiger partial charge in [0, 0.05) is 32.1 Å². The molecule has 1 heterocycles. The molecule has 24 heavy (non-hydrogen) atoms. The third-order valence-electron chi connectivity index (χ3n) is 3.58. The number of hydrogen-bond acceptors (Lipinski definition) is 3. The minimum atomic E-state index is -2.62. The van der Waals surface area contributed by atoms with Crippen LogP contribution in [0.5, 0.6) is 0 Å². The first-order valence-electron chi connectivity index (χ1n) is 8.40. The summed E-state index contributed by atoms with van der Waals surface area (Å²) in [6, 6.07) is 0. The zero-order valence-corrected chi connectivity index (χ0v) is 14.7. The molecule has 1 atom stereocenters. The number of nitrogens with one attached hydrogen (secondary N) is 2. The third kappa shape index (κ3) is 7.25. The molecule has 0 radical (unpaired) electrons. The van der Waals surface area contributed by atoms with E-state index in [2.05, 4.69) is 34.5 Å². The van der Waals surface area contributed by atoms with Gasteiger partial charge < -0.3 is 15.7 Å². The summed E-state index contributed by atoms with van der Waals surface area (Å²) < 4.78 is 26.4. The maximum Gasteiger partial charge on any atom is 0.319 e. The molecular weight excluding hydrogens is 316 g/mol. The second-order valence-corrected chi connectivity index (χ2v) is 6.11. The number of aliphatic hydroxyl groups excluding tert-OH is 1. The quantitative estimate of drug-likeness (QED) is 0.450. The fraction of sp³-hybridized carbons (Fsp3) is 0.750. The van der Waals surface area contributed by atoms with Gasteiger partial charge in [0.1, 0.15) is 12.4 Å². The van der Waals surface area contributed by atoms with Crippen LogP contribution < -0.4 is 10.6 Å². The van der Waals surface area contributed by atoms with Crippen LogP contribution >= 0.6 is 0 Å². The van der Waals surface area contributed by atoms with Crippen LogP contribution in [0.15, 0.2) is 17.4 Å². The number of aliphatic imine (C=N–C) groups is 1. The summed E-state index contributed by atoms with van der Waals surface area (Å²) >= 11 is 0. The van der Waals surface area contributed by atoms with Crippen LogP contribution in [0.1, 0.15) is 46.0 Å². The fourth-order valence-corrected chi connectivity index (χ4v) is 2.53. The summed E-state index contributed by atoms with van der Waals surface area (Å²) in [7, 11) is 0. The van der Waals surface area contributed by atoms with Gasteiger partial charge in [-0.15, -0.1) is 0 Å². The molecule has 0 aliphatic heterocycles. The van der Waals surface area contributed by atoms with E-state index < -0.39 is 6.55 Å². The molecular formula is C16H29F2N5O. The smallest absolute Gasteiger partial charge is 0.319 e. The molecule has 0 bridgehead atoms. The van der Waals surface area contributed by atoms with E-state index >= 15 is 0 Å². The molecule has 8 heteroatoms. The van der Waals surface area contributed by atoms with Gasteiger partial charge in [-0.05, 0) is 31.6 Å². The number of nitrogens with zero attached hydrogens (tertiary/aromatic N) is 3. The zero-order valence-electron chi connectivity index (χ0n) is 14.7. The Hall–Kier alpha value is -1.70. The van der Waals surface area contributed by atoms with Crippen LogP contribution in [-0.2, 0) is 6.54 Å². The van der Waals surface area contributed by atoms with Gasteiger partial charge in [0.25, 0.3) is 0 Å². The van der Waals surface area contributed by atoms with E-state index in [-0.39, 0.29) is 19.0 Å². The van der Waals surface area contributed by atoms with Crippen LogP contribution in [0.25, 0.3) is 0 Å². The van der Waals surface area contributed by atoms with Gasteiger partial charge in [-0.25, -0.2) is 9.98 Å². The van der Waals surface area contributed by atoms with Crippen LogP contribution in [0.2, 0.25) is 0 Å². The molecule has 0 spiro atoms. The van der Waals surface area contributed by atoms with Gasteiger partial charge in [-0.2, -0.15) is 8.78 Å². The third-order valence-corrected chi connectivity index (χ3v) is 3.58. The van der Waals surface area contributed by atoms with Gasteiger partial charge in [0.15, 0.2) is 5.96 Å². The molecule has 0 saturated carbocycles. The number of guanidine groups is 1. The topological polar surface area (TPSA) is 74.5 Å². The minimum Gasteiger partial charge on any atom is -0.396 e. The van der Waals surface area contributed by atoms with Crippen molar-refractivity contribution in [1.82, 2.24) is 20.2 Å². The lowest BCUT2D eigenvalue weighted by molar-refractivity contribution is 0.0671. The summed E-state index contributed by atoms with van der Waals surface area (Å²) in [5, 5.41) is 15.5. The lowest BCUT2D eigenvalue weighted by Crippen LogP contribution is -2.40. The molecule has 1 unspecified atom stereocenters. The highest BCUT2D eigenvalue weighted by molar-refractivity contribution is 5.79. The van der Waals surface area contributed by atoms with Gasteiger partial charge in [0.05, 0.1) is 0 Å². The van der Waals surface area contributed by atoms with Crippen molar-refractivity contribution in [3.63, 3.8) is 0 Å². The van der Waals surface area contributed by atoms with Gasteiger partial charge in [-0.1, -0.05) is 13.8 Å². The van der Waals surface area contributed by atoms with Gasteiger partial charge >= 0.3 is 6.55 Å². The van der Waals surface area contributed by atoms with Crippen molar-refractivity contribution < 1.29 is 13.9 Å². The summed E-state index contributed by atoms with van der Waals surface area (Å²) in [5.41, 5.74) is 0. The van der Waals surface area contributed by atoms with Crippen molar-refractivity contribution in [1.29, 1.82) is 0 Å². The Morgan fingerprint density at radius 1 is 1.38 bits per heavy atom. The first kappa shape index (κ1) is 20.3. The van der Waals surface area contributed by atoms with E-state index in [4.69, 9.17) is 0 Å². The van der Waals surface area contributed by atoms with Crippen molar-refractivity contribution in [3.8, 4) is 0 Å².